The number of nitrogens with zero attached hydrogens (tertiary/aromatic N) is 3. The van der Waals surface area contributed by atoms with Gasteiger partial charge in [0.25, 0.3) is 0 Å². The van der Waals surface area contributed by atoms with E-state index >= 15 is 0 Å². The highest BCUT2D eigenvalue weighted by Crippen LogP contribution is 2.34. The van der Waals surface area contributed by atoms with Gasteiger partial charge in [0.1, 0.15) is 12.8 Å². The van der Waals surface area contributed by atoms with E-state index in [4.69, 9.17) is 21.1 Å². The van der Waals surface area contributed by atoms with Crippen LogP contribution in [0, 0.1) is 11.8 Å². The molecule has 0 bridgehead atoms. The number of ether oxygens (including phenoxy) is 2. The standard InChI is InChI=1S/C31H51ClN4O6/c1-3-4-5-6-7-8-9-10-11-12-17-41-30(39)22(2)42-31(40)24-14-16-26(25(32)19-24)33-29(38)20-36-28-18-23(21-37)13-15-27(28)34-35-36/h21-28H,3-20H2,1-2H3,(H,33,38). The molecule has 1 N–H and O–H groups in total. The van der Waals surface area contributed by atoms with Crippen molar-refractivity contribution in [3.63, 3.8) is 0 Å². The molecule has 1 aliphatic heterocycles. The van der Waals surface area contributed by atoms with Crippen molar-refractivity contribution < 1.29 is 28.7 Å². The molecule has 0 radical (unpaired) electrons. The van der Waals surface area contributed by atoms with Crippen molar-refractivity contribution in [1.29, 1.82) is 0 Å². The summed E-state index contributed by atoms with van der Waals surface area (Å²) in [6.07, 6.45) is 15.7. The van der Waals surface area contributed by atoms with Crippen molar-refractivity contribution in [2.24, 2.45) is 22.2 Å². The topological polar surface area (TPSA) is 127 Å². The van der Waals surface area contributed by atoms with E-state index in [1.165, 1.54) is 51.9 Å². The molecule has 3 aliphatic rings. The van der Waals surface area contributed by atoms with E-state index in [1.807, 2.05) is 0 Å². The van der Waals surface area contributed by atoms with Gasteiger partial charge in [0.05, 0.1) is 30.0 Å². The average Bonchev–Trinajstić information content (AvgIpc) is 3.38. The number of carbonyl (C=O) groups is 4. The van der Waals surface area contributed by atoms with Gasteiger partial charge in [-0.2, -0.15) is 5.11 Å². The van der Waals surface area contributed by atoms with Crippen LogP contribution in [0.1, 0.15) is 117 Å². The molecule has 0 saturated heterocycles. The molecular weight excluding hydrogens is 560 g/mol. The summed E-state index contributed by atoms with van der Waals surface area (Å²) < 4.78 is 10.7. The number of halogens is 1. The Labute approximate surface area is 256 Å². The third kappa shape index (κ3) is 11.1. The fourth-order valence-electron chi connectivity index (χ4n) is 6.18. The molecule has 42 heavy (non-hydrogen) atoms. The zero-order chi connectivity index (χ0) is 30.3. The Bertz CT molecular complexity index is 905. The summed E-state index contributed by atoms with van der Waals surface area (Å²) in [5.74, 6) is -1.65. The molecule has 238 valence electrons. The second-order valence-corrected chi connectivity index (χ2v) is 12.8. The van der Waals surface area contributed by atoms with Gasteiger partial charge in [-0.3, -0.25) is 14.6 Å². The molecule has 11 heteroatoms. The molecule has 10 nitrogen and oxygen atoms in total. The van der Waals surface area contributed by atoms with Crippen LogP contribution in [0.2, 0.25) is 0 Å². The number of alkyl halides is 1. The number of carbonyl (C=O) groups excluding carboxylic acids is 4. The summed E-state index contributed by atoms with van der Waals surface area (Å²) in [6, 6.07) is -0.271. The summed E-state index contributed by atoms with van der Waals surface area (Å²) in [7, 11) is 0. The molecule has 2 fully saturated rings. The average molecular weight is 611 g/mol. The maximum absolute atomic E-state index is 12.8. The number of hydrogen-bond acceptors (Lipinski definition) is 9. The third-order valence-corrected chi connectivity index (χ3v) is 9.32. The van der Waals surface area contributed by atoms with Crippen LogP contribution < -0.4 is 5.32 Å². The number of rotatable bonds is 18. The van der Waals surface area contributed by atoms with E-state index in [2.05, 4.69) is 22.6 Å². The number of unbranched alkanes of at least 4 members (excludes halogenated alkanes) is 9. The fraction of sp³-hybridized carbons (Fsp3) is 0.871. The van der Waals surface area contributed by atoms with Crippen molar-refractivity contribution >= 4 is 35.7 Å². The first-order chi connectivity index (χ1) is 20.3. The molecule has 7 atom stereocenters. The van der Waals surface area contributed by atoms with Crippen molar-refractivity contribution in [2.45, 2.75) is 146 Å². The molecule has 7 unspecified atom stereocenters. The first kappa shape index (κ1) is 34.3. The number of fused-ring (bicyclic) bond motifs is 1. The molecule has 0 aromatic rings. The van der Waals surface area contributed by atoms with Gasteiger partial charge in [-0.05, 0) is 51.9 Å². The molecule has 1 amide bonds. The highest BCUT2D eigenvalue weighted by molar-refractivity contribution is 6.21. The van der Waals surface area contributed by atoms with Gasteiger partial charge >= 0.3 is 11.9 Å². The van der Waals surface area contributed by atoms with Crippen LogP contribution in [0.5, 0.6) is 0 Å². The van der Waals surface area contributed by atoms with E-state index in [-0.39, 0.29) is 36.5 Å². The van der Waals surface area contributed by atoms with Crippen LogP contribution in [0.3, 0.4) is 0 Å². The van der Waals surface area contributed by atoms with Crippen LogP contribution >= 0.6 is 11.6 Å². The van der Waals surface area contributed by atoms with Crippen molar-refractivity contribution in [3.8, 4) is 0 Å². The molecule has 0 aromatic carbocycles. The predicted molar refractivity (Wildman–Crippen MR) is 160 cm³/mol. The van der Waals surface area contributed by atoms with E-state index in [0.717, 1.165) is 38.4 Å². The number of hydrogen-bond donors (Lipinski definition) is 1. The van der Waals surface area contributed by atoms with E-state index in [9.17, 15) is 19.2 Å². The van der Waals surface area contributed by atoms with Crippen LogP contribution in [0.15, 0.2) is 10.3 Å². The minimum atomic E-state index is -0.969. The van der Waals surface area contributed by atoms with Crippen LogP contribution in [0.4, 0.5) is 0 Å². The molecule has 0 aromatic heterocycles. The zero-order valence-electron chi connectivity index (χ0n) is 25.5. The Morgan fingerprint density at radius 2 is 1.67 bits per heavy atom. The molecule has 3 rings (SSSR count). The van der Waals surface area contributed by atoms with Crippen molar-refractivity contribution in [2.75, 3.05) is 13.2 Å². The molecule has 0 spiro atoms. The van der Waals surface area contributed by atoms with E-state index < -0.39 is 29.3 Å². The second kappa shape index (κ2) is 18.4. The second-order valence-electron chi connectivity index (χ2n) is 12.3. The molecule has 2 aliphatic carbocycles. The molecular formula is C31H51ClN4O6. The highest BCUT2D eigenvalue weighted by atomic mass is 35.5. The summed E-state index contributed by atoms with van der Waals surface area (Å²) in [5, 5.41) is 12.7. The number of aldehydes is 1. The first-order valence-electron chi connectivity index (χ1n) is 16.3. The SMILES string of the molecule is CCCCCCCCCCCCOC(=O)C(C)OC(=O)C1CCC(NC(=O)CN2N=NC3CCC(C=O)CC32)C(Cl)C1. The number of esters is 2. The number of nitrogens with one attached hydrogen (secondary N) is 1. The third-order valence-electron chi connectivity index (χ3n) is 8.84. The fourth-order valence-corrected chi connectivity index (χ4v) is 6.58. The van der Waals surface area contributed by atoms with Gasteiger partial charge in [0.2, 0.25) is 5.91 Å². The summed E-state index contributed by atoms with van der Waals surface area (Å²) >= 11 is 6.58. The predicted octanol–water partition coefficient (Wildman–Crippen LogP) is 5.69. The quantitative estimate of drug-likeness (QED) is 0.0913. The van der Waals surface area contributed by atoms with Crippen LogP contribution in [-0.2, 0) is 28.7 Å². The lowest BCUT2D eigenvalue weighted by atomic mass is 9.83. The van der Waals surface area contributed by atoms with Crippen molar-refractivity contribution in [3.05, 3.63) is 0 Å². The first-order valence-corrected chi connectivity index (χ1v) is 16.7. The Balaban J connectivity index is 1.27. The summed E-state index contributed by atoms with van der Waals surface area (Å²) in [6.45, 7) is 4.16. The van der Waals surface area contributed by atoms with Crippen molar-refractivity contribution in [1.82, 2.24) is 10.3 Å². The Morgan fingerprint density at radius 1 is 0.976 bits per heavy atom. The maximum Gasteiger partial charge on any atom is 0.347 e. The van der Waals surface area contributed by atoms with E-state index in [0.29, 0.717) is 32.3 Å². The zero-order valence-corrected chi connectivity index (χ0v) is 26.3. The Hall–Kier alpha value is -2.23. The Kier molecular flexibility index (Phi) is 15.0. The van der Waals surface area contributed by atoms with Crippen LogP contribution in [-0.4, -0.2) is 71.9 Å². The Morgan fingerprint density at radius 3 is 2.33 bits per heavy atom. The minimum absolute atomic E-state index is 0.0170. The van der Waals surface area contributed by atoms with Gasteiger partial charge in [0.15, 0.2) is 6.10 Å². The summed E-state index contributed by atoms with van der Waals surface area (Å²) in [4.78, 5) is 49.0. The smallest absolute Gasteiger partial charge is 0.347 e. The number of amides is 1. The summed E-state index contributed by atoms with van der Waals surface area (Å²) in [5.41, 5.74) is 0. The molecule has 1 heterocycles. The van der Waals surface area contributed by atoms with Gasteiger partial charge in [-0.15, -0.1) is 11.6 Å². The van der Waals surface area contributed by atoms with E-state index in [1.54, 1.807) is 5.01 Å². The lowest BCUT2D eigenvalue weighted by Crippen LogP contribution is -2.50. The lowest BCUT2D eigenvalue weighted by Gasteiger charge is -2.34. The minimum Gasteiger partial charge on any atom is -0.463 e. The maximum atomic E-state index is 12.8. The van der Waals surface area contributed by atoms with Gasteiger partial charge in [-0.25, -0.2) is 4.79 Å². The van der Waals surface area contributed by atoms with Gasteiger partial charge in [0, 0.05) is 12.0 Å². The molecule has 2 saturated carbocycles. The lowest BCUT2D eigenvalue weighted by molar-refractivity contribution is -0.169. The monoisotopic (exact) mass is 610 g/mol. The largest absolute Gasteiger partial charge is 0.463 e. The highest BCUT2D eigenvalue weighted by Gasteiger charge is 2.40. The van der Waals surface area contributed by atoms with Gasteiger partial charge < -0.3 is 19.6 Å². The van der Waals surface area contributed by atoms with Gasteiger partial charge in [-0.1, -0.05) is 69.9 Å². The normalized spacial score (nSPS) is 27.6. The van der Waals surface area contributed by atoms with Crippen LogP contribution in [0.25, 0.3) is 0 Å².